The van der Waals surface area contributed by atoms with Crippen LogP contribution < -0.4 is 27.1 Å². The minimum atomic E-state index is -5.40. The Morgan fingerprint density at radius 1 is 0.260 bits per heavy atom. The van der Waals surface area contributed by atoms with Crippen molar-refractivity contribution in [3.8, 4) is 11.5 Å². The summed E-state index contributed by atoms with van der Waals surface area (Å²) in [4.78, 5) is 0. The maximum atomic E-state index is 7.80. The van der Waals surface area contributed by atoms with E-state index >= 15 is 0 Å². The summed E-state index contributed by atoms with van der Waals surface area (Å²) in [6, 6.07) is 70.4. The average Bonchev–Trinajstić information content (AvgIpc) is 3.22. The van der Waals surface area contributed by atoms with Crippen LogP contribution in [0.2, 0.25) is 0 Å². The molecule has 0 atom stereocenters. The Hall–Kier alpha value is -4.30. The van der Waals surface area contributed by atoms with Gasteiger partial charge in [0.05, 0.1) is 0 Å². The monoisotopic (exact) mass is 874 g/mol. The van der Waals surface area contributed by atoms with Gasteiger partial charge < -0.3 is 0 Å². The first kappa shape index (κ1) is 34.2. The van der Waals surface area contributed by atoms with Crippen LogP contribution in [0.1, 0.15) is 0 Å². The van der Waals surface area contributed by atoms with Crippen molar-refractivity contribution in [2.75, 3.05) is 14.2 Å². The van der Waals surface area contributed by atoms with Crippen LogP contribution in [0.15, 0.2) is 206 Å². The number of hydrogen-bond acceptors (Lipinski definition) is 4. The fraction of sp³-hybridized carbons (Fsp3) is 0.0455. The second kappa shape index (κ2) is 14.1. The molecule has 4 nitrogen and oxygen atoms in total. The van der Waals surface area contributed by atoms with Gasteiger partial charge in [0.15, 0.2) is 0 Å². The molecule has 0 unspecified atom stereocenters. The fourth-order valence-corrected chi connectivity index (χ4v) is 33.3. The van der Waals surface area contributed by atoms with Gasteiger partial charge in [0.1, 0.15) is 0 Å². The third kappa shape index (κ3) is 5.29. The zero-order chi connectivity index (χ0) is 34.4. The van der Waals surface area contributed by atoms with E-state index in [9.17, 15) is 0 Å². The molecule has 0 aliphatic rings. The van der Waals surface area contributed by atoms with Gasteiger partial charge in [-0.15, -0.1) is 0 Å². The van der Waals surface area contributed by atoms with Crippen LogP contribution in [-0.4, -0.2) is 50.7 Å². The predicted molar refractivity (Wildman–Crippen MR) is 210 cm³/mol. The topological polar surface area (TPSA) is 36.9 Å². The molecule has 7 aromatic rings. The van der Waals surface area contributed by atoms with E-state index in [0.29, 0.717) is 11.5 Å². The zero-order valence-electron chi connectivity index (χ0n) is 28.2. The average molecular weight is 876 g/mol. The Labute approximate surface area is 299 Å². The van der Waals surface area contributed by atoms with E-state index in [1.165, 1.54) is 0 Å². The van der Waals surface area contributed by atoms with Crippen LogP contribution >= 0.6 is 0 Å². The molecule has 0 heterocycles. The zero-order valence-corrected chi connectivity index (χ0v) is 33.3. The summed E-state index contributed by atoms with van der Waals surface area (Å²) in [5, 5.41) is 0. The van der Waals surface area contributed by atoms with Crippen LogP contribution in [-0.2, 0) is 6.03 Å². The first-order valence-corrected chi connectivity index (χ1v) is 28.4. The Morgan fingerprint density at radius 2 is 0.440 bits per heavy atom. The van der Waals surface area contributed by atoms with E-state index in [4.69, 9.17) is 12.1 Å². The van der Waals surface area contributed by atoms with Gasteiger partial charge in [0.25, 0.3) is 0 Å². The van der Waals surface area contributed by atoms with Crippen molar-refractivity contribution in [1.82, 2.24) is 0 Å². The molecule has 0 bridgehead atoms. The molecule has 250 valence electrons. The molecular formula is C44H40O4Sb2. The van der Waals surface area contributed by atoms with Crippen LogP contribution in [0.25, 0.3) is 0 Å². The molecule has 7 aromatic carbocycles. The molecule has 0 aromatic heterocycles. The van der Waals surface area contributed by atoms with Crippen LogP contribution in [0.4, 0.5) is 0 Å². The Morgan fingerprint density at radius 3 is 0.620 bits per heavy atom. The molecule has 0 spiro atoms. The maximum absolute atomic E-state index is 7.80. The number of hydrogen-bond donors (Lipinski definition) is 0. The van der Waals surface area contributed by atoms with E-state index < -0.39 is 36.5 Å². The van der Waals surface area contributed by atoms with Gasteiger partial charge >= 0.3 is 302 Å². The third-order valence-electron chi connectivity index (χ3n) is 9.44. The van der Waals surface area contributed by atoms with Crippen LogP contribution in [0.3, 0.4) is 0 Å². The van der Waals surface area contributed by atoms with E-state index in [1.54, 1.807) is 14.2 Å². The SMILES string of the molecule is C[O][Sb]([O]c1ccccc1[O][Sb]([O]C)([c]1ccccc1)([c]1ccccc1)[c]1ccccc1)([c]1ccccc1)([c]1ccccc1)[c]1ccccc1. The summed E-state index contributed by atoms with van der Waals surface area (Å²) in [5.41, 5.74) is 0. The van der Waals surface area contributed by atoms with Gasteiger partial charge in [-0.05, 0) is 0 Å². The molecule has 0 saturated heterocycles. The first-order chi connectivity index (χ1) is 24.6. The van der Waals surface area contributed by atoms with Crippen molar-refractivity contribution >= 4 is 57.5 Å². The molecule has 50 heavy (non-hydrogen) atoms. The summed E-state index contributed by atoms with van der Waals surface area (Å²) in [7, 11) is 3.57. The summed E-state index contributed by atoms with van der Waals surface area (Å²) in [5.74, 6) is 1.15. The molecule has 0 saturated carbocycles. The number of para-hydroxylation sites is 2. The van der Waals surface area contributed by atoms with E-state index in [1.807, 2.05) is 60.7 Å². The summed E-state index contributed by atoms with van der Waals surface area (Å²) < 4.78 is 35.8. The van der Waals surface area contributed by atoms with Crippen molar-refractivity contribution in [3.63, 3.8) is 0 Å². The summed E-state index contributed by atoms with van der Waals surface area (Å²) in [6.07, 6.45) is 0. The van der Waals surface area contributed by atoms with Crippen LogP contribution in [0.5, 0.6) is 11.5 Å². The van der Waals surface area contributed by atoms with Gasteiger partial charge in [-0.3, -0.25) is 0 Å². The van der Waals surface area contributed by atoms with Crippen molar-refractivity contribution in [1.29, 1.82) is 0 Å². The summed E-state index contributed by atoms with van der Waals surface area (Å²) >= 11 is -10.8. The van der Waals surface area contributed by atoms with E-state index in [-0.39, 0.29) is 0 Å². The van der Waals surface area contributed by atoms with E-state index in [2.05, 4.69) is 146 Å². The van der Waals surface area contributed by atoms with E-state index in [0.717, 1.165) is 21.1 Å². The van der Waals surface area contributed by atoms with Crippen LogP contribution in [0, 0.1) is 0 Å². The number of benzene rings is 7. The summed E-state index contributed by atoms with van der Waals surface area (Å²) in [6.45, 7) is 0. The molecule has 0 radical (unpaired) electrons. The fourth-order valence-electron chi connectivity index (χ4n) is 7.09. The standard InChI is InChI=1S/C6H6O2.6C6H5.2CH3O.2Sb/c7-5-3-1-2-4-6(5)8;6*1-2-4-6-5-3-1;2*1-2;;/h1-4,7-8H;6*1-5H;2*1H3;;/q;;;;;;;2*-1;2*+2/p-2. The molecular weight excluding hydrogens is 836 g/mol. The van der Waals surface area contributed by atoms with Crippen molar-refractivity contribution in [3.05, 3.63) is 206 Å². The molecule has 0 fully saturated rings. The second-order valence-electron chi connectivity index (χ2n) is 11.9. The second-order valence-corrected chi connectivity index (χ2v) is 34.8. The van der Waals surface area contributed by atoms with Gasteiger partial charge in [0.2, 0.25) is 0 Å². The Bertz CT molecular complexity index is 1790. The normalized spacial score (nSPS) is 13.2. The Balaban J connectivity index is 1.56. The molecule has 6 heteroatoms. The molecule has 0 aliphatic heterocycles. The minimum absolute atomic E-state index is 0.575. The van der Waals surface area contributed by atoms with Crippen molar-refractivity contribution in [2.45, 2.75) is 0 Å². The first-order valence-electron chi connectivity index (χ1n) is 16.6. The molecule has 0 amide bonds. The van der Waals surface area contributed by atoms with Gasteiger partial charge in [-0.1, -0.05) is 0 Å². The van der Waals surface area contributed by atoms with Crippen molar-refractivity contribution < 1.29 is 12.1 Å². The quantitative estimate of drug-likeness (QED) is 0.142. The van der Waals surface area contributed by atoms with Crippen molar-refractivity contribution in [2.24, 2.45) is 0 Å². The molecule has 0 aliphatic carbocycles. The molecule has 7 rings (SSSR count). The predicted octanol–water partition coefficient (Wildman–Crippen LogP) is 5.97. The third-order valence-corrected chi connectivity index (χ3v) is 37.7. The Kier molecular flexibility index (Phi) is 9.66. The van der Waals surface area contributed by atoms with Gasteiger partial charge in [-0.2, -0.15) is 0 Å². The van der Waals surface area contributed by atoms with Gasteiger partial charge in [0, 0.05) is 0 Å². The number of rotatable bonds is 12. The molecule has 0 N–H and O–H groups in total. The van der Waals surface area contributed by atoms with Gasteiger partial charge in [-0.25, -0.2) is 0 Å².